The monoisotopic (exact) mass is 300 g/mol. The molecule has 0 N–H and O–H groups in total. The van der Waals surface area contributed by atoms with Crippen LogP contribution in [-0.4, -0.2) is 35.2 Å². The van der Waals surface area contributed by atoms with Crippen molar-refractivity contribution >= 4 is 23.4 Å². The molecule has 1 aromatic rings. The van der Waals surface area contributed by atoms with Gasteiger partial charge in [0.25, 0.3) is 11.8 Å². The normalized spacial score (nSPS) is 21.5. The highest BCUT2D eigenvalue weighted by Gasteiger charge is 2.42. The van der Waals surface area contributed by atoms with Gasteiger partial charge in [-0.3, -0.25) is 14.4 Å². The number of para-hydroxylation sites is 1. The molecule has 3 amide bonds. The van der Waals surface area contributed by atoms with Crippen LogP contribution in [0.3, 0.4) is 0 Å². The Morgan fingerprint density at radius 1 is 1.18 bits per heavy atom. The summed E-state index contributed by atoms with van der Waals surface area (Å²) in [5, 5.41) is 0. The van der Waals surface area contributed by atoms with E-state index in [1.807, 2.05) is 0 Å². The number of amides is 3. The maximum absolute atomic E-state index is 12.9. The minimum Gasteiger partial charge on any atom is -0.327 e. The van der Waals surface area contributed by atoms with Crippen LogP contribution < -0.4 is 4.90 Å². The lowest BCUT2D eigenvalue weighted by molar-refractivity contribution is -0.131. The lowest BCUT2D eigenvalue weighted by atomic mass is 10.0. The lowest BCUT2D eigenvalue weighted by Crippen LogP contribution is -2.52. The summed E-state index contributed by atoms with van der Waals surface area (Å²) in [5.41, 5.74) is 0.861. The zero-order valence-electron chi connectivity index (χ0n) is 12.9. The second kappa shape index (κ2) is 5.55. The number of carbonyl (C=O) groups is 3. The summed E-state index contributed by atoms with van der Waals surface area (Å²) in [6, 6.07) is 6.39. The van der Waals surface area contributed by atoms with Gasteiger partial charge >= 0.3 is 0 Å². The summed E-state index contributed by atoms with van der Waals surface area (Å²) in [7, 11) is 0. The van der Waals surface area contributed by atoms with Gasteiger partial charge in [0.15, 0.2) is 0 Å². The summed E-state index contributed by atoms with van der Waals surface area (Å²) >= 11 is 0. The fourth-order valence-corrected chi connectivity index (χ4v) is 3.19. The quantitative estimate of drug-likeness (QED) is 0.799. The number of anilines is 1. The van der Waals surface area contributed by atoms with Crippen molar-refractivity contribution in [1.82, 2.24) is 4.90 Å². The van der Waals surface area contributed by atoms with Gasteiger partial charge in [-0.25, -0.2) is 4.90 Å². The molecule has 3 rings (SSSR count). The molecule has 1 aromatic carbocycles. The van der Waals surface area contributed by atoms with Crippen molar-refractivity contribution in [2.75, 3.05) is 11.4 Å². The maximum Gasteiger partial charge on any atom is 0.256 e. The second-order valence-electron chi connectivity index (χ2n) is 6.19. The number of fused-ring (bicyclic) bond motifs is 2. The van der Waals surface area contributed by atoms with E-state index in [4.69, 9.17) is 0 Å². The Hall–Kier alpha value is -2.17. The minimum atomic E-state index is -0.517. The summed E-state index contributed by atoms with van der Waals surface area (Å²) in [5.74, 6) is -0.968. The highest BCUT2D eigenvalue weighted by atomic mass is 16.2. The van der Waals surface area contributed by atoms with Gasteiger partial charge in [0.1, 0.15) is 6.04 Å². The average molecular weight is 300 g/mol. The van der Waals surface area contributed by atoms with Crippen molar-refractivity contribution in [3.05, 3.63) is 29.8 Å². The van der Waals surface area contributed by atoms with Crippen LogP contribution in [0.1, 0.15) is 43.5 Å². The van der Waals surface area contributed by atoms with Crippen LogP contribution in [0.4, 0.5) is 5.69 Å². The van der Waals surface area contributed by atoms with E-state index in [0.29, 0.717) is 24.2 Å². The van der Waals surface area contributed by atoms with Crippen LogP contribution >= 0.6 is 0 Å². The summed E-state index contributed by atoms with van der Waals surface area (Å²) in [6.45, 7) is 4.11. The van der Waals surface area contributed by atoms with Gasteiger partial charge in [-0.2, -0.15) is 0 Å². The van der Waals surface area contributed by atoms with Gasteiger partial charge in [0, 0.05) is 12.5 Å². The molecule has 0 aliphatic carbocycles. The van der Waals surface area contributed by atoms with E-state index < -0.39 is 6.04 Å². The molecule has 2 heterocycles. The molecule has 2 aliphatic heterocycles. The van der Waals surface area contributed by atoms with E-state index in [0.717, 1.165) is 12.8 Å². The van der Waals surface area contributed by atoms with Crippen LogP contribution in [0.2, 0.25) is 0 Å². The Labute approximate surface area is 129 Å². The molecule has 5 nitrogen and oxygen atoms in total. The number of imide groups is 1. The van der Waals surface area contributed by atoms with Crippen molar-refractivity contribution in [2.45, 2.75) is 39.2 Å². The molecule has 1 atom stereocenters. The third-order valence-electron chi connectivity index (χ3n) is 4.36. The van der Waals surface area contributed by atoms with Gasteiger partial charge in [0.2, 0.25) is 5.91 Å². The van der Waals surface area contributed by atoms with E-state index in [2.05, 4.69) is 0 Å². The van der Waals surface area contributed by atoms with Crippen LogP contribution in [0, 0.1) is 5.92 Å². The first-order valence-electron chi connectivity index (χ1n) is 7.80. The highest BCUT2D eigenvalue weighted by Crippen LogP contribution is 2.32. The van der Waals surface area contributed by atoms with Crippen molar-refractivity contribution in [1.29, 1.82) is 0 Å². The Bertz CT molecular complexity index is 639. The Morgan fingerprint density at radius 3 is 2.64 bits per heavy atom. The van der Waals surface area contributed by atoms with Gasteiger partial charge in [-0.15, -0.1) is 0 Å². The smallest absolute Gasteiger partial charge is 0.256 e. The van der Waals surface area contributed by atoms with Crippen molar-refractivity contribution < 1.29 is 14.4 Å². The number of nitrogens with zero attached hydrogens (tertiary/aromatic N) is 2. The molecule has 2 aliphatic rings. The number of hydrogen-bond donors (Lipinski definition) is 0. The maximum atomic E-state index is 12.9. The Kier molecular flexibility index (Phi) is 3.72. The summed E-state index contributed by atoms with van der Waals surface area (Å²) < 4.78 is 0. The number of benzene rings is 1. The van der Waals surface area contributed by atoms with Crippen molar-refractivity contribution in [3.63, 3.8) is 0 Å². The first kappa shape index (κ1) is 14.8. The molecule has 0 spiro atoms. The summed E-state index contributed by atoms with van der Waals surface area (Å²) in [6.07, 6.45) is 2.43. The standard InChI is InChI=1S/C17H20N2O3/c1-11(2)15(20)19-13-8-4-3-7-12(13)16(21)18-10-6-5-9-14(18)17(19)22/h3-4,7-8,11,14H,5-6,9-10H2,1-2H3/t14-/m0/s1. The molecular weight excluding hydrogens is 280 g/mol. The predicted octanol–water partition coefficient (Wildman–Crippen LogP) is 2.21. The molecule has 0 aromatic heterocycles. The average Bonchev–Trinajstić information content (AvgIpc) is 2.62. The molecular formula is C17H20N2O3. The van der Waals surface area contributed by atoms with E-state index in [9.17, 15) is 14.4 Å². The van der Waals surface area contributed by atoms with E-state index >= 15 is 0 Å². The van der Waals surface area contributed by atoms with E-state index in [1.165, 1.54) is 4.90 Å². The number of carbonyl (C=O) groups excluding carboxylic acids is 3. The molecule has 22 heavy (non-hydrogen) atoms. The molecule has 5 heteroatoms. The topological polar surface area (TPSA) is 57.7 Å². The van der Waals surface area contributed by atoms with Crippen LogP contribution in [0.5, 0.6) is 0 Å². The number of hydrogen-bond acceptors (Lipinski definition) is 3. The third kappa shape index (κ3) is 2.21. The van der Waals surface area contributed by atoms with Gasteiger partial charge in [0.05, 0.1) is 11.3 Å². The van der Waals surface area contributed by atoms with Crippen LogP contribution in [-0.2, 0) is 9.59 Å². The second-order valence-corrected chi connectivity index (χ2v) is 6.19. The predicted molar refractivity (Wildman–Crippen MR) is 82.4 cm³/mol. The van der Waals surface area contributed by atoms with Gasteiger partial charge < -0.3 is 4.90 Å². The molecule has 0 saturated carbocycles. The number of rotatable bonds is 1. The van der Waals surface area contributed by atoms with Crippen LogP contribution in [0.15, 0.2) is 24.3 Å². The first-order chi connectivity index (χ1) is 10.5. The van der Waals surface area contributed by atoms with Gasteiger partial charge in [-0.05, 0) is 31.4 Å². The molecule has 0 radical (unpaired) electrons. The van der Waals surface area contributed by atoms with Crippen molar-refractivity contribution in [2.24, 2.45) is 5.92 Å². The molecule has 0 unspecified atom stereocenters. The van der Waals surface area contributed by atoms with Crippen molar-refractivity contribution in [3.8, 4) is 0 Å². The highest BCUT2D eigenvalue weighted by molar-refractivity contribution is 6.22. The summed E-state index contributed by atoms with van der Waals surface area (Å²) in [4.78, 5) is 41.2. The molecule has 1 saturated heterocycles. The Balaban J connectivity index is 2.16. The van der Waals surface area contributed by atoms with E-state index in [1.54, 1.807) is 43.0 Å². The largest absolute Gasteiger partial charge is 0.327 e. The van der Waals surface area contributed by atoms with Crippen LogP contribution in [0.25, 0.3) is 0 Å². The third-order valence-corrected chi connectivity index (χ3v) is 4.36. The first-order valence-corrected chi connectivity index (χ1v) is 7.80. The Morgan fingerprint density at radius 2 is 1.91 bits per heavy atom. The van der Waals surface area contributed by atoms with E-state index in [-0.39, 0.29) is 23.6 Å². The minimum absolute atomic E-state index is 0.146. The lowest BCUT2D eigenvalue weighted by Gasteiger charge is -2.34. The molecule has 0 bridgehead atoms. The zero-order chi connectivity index (χ0) is 15.9. The molecule has 116 valence electrons. The number of piperidine rings is 1. The SMILES string of the molecule is CC(C)C(=O)N1C(=O)[C@@H]2CCCCN2C(=O)c2ccccc21. The molecule has 1 fully saturated rings. The van der Waals surface area contributed by atoms with Gasteiger partial charge in [-0.1, -0.05) is 26.0 Å². The fourth-order valence-electron chi connectivity index (χ4n) is 3.19. The fraction of sp³-hybridized carbons (Fsp3) is 0.471. The zero-order valence-corrected chi connectivity index (χ0v) is 12.9.